The average Bonchev–Trinajstić information content (AvgIpc) is 2.30. The molecular weight excluding hydrogens is 227 g/mol. The Morgan fingerprint density at radius 3 is 2.35 bits per heavy atom. The van der Waals surface area contributed by atoms with Gasteiger partial charge in [-0.05, 0) is 23.8 Å². The topological polar surface area (TPSA) is 67.5 Å². The fourth-order valence-corrected chi connectivity index (χ4v) is 1.43. The predicted octanol–water partition coefficient (Wildman–Crippen LogP) is 2.14. The highest BCUT2D eigenvalue weighted by Crippen LogP contribution is 2.22. The Hall–Kier alpha value is -2.43. The van der Waals surface area contributed by atoms with Crippen molar-refractivity contribution in [3.8, 4) is 11.1 Å². The molecular formula is C12H7FO4. The van der Waals surface area contributed by atoms with E-state index in [1.807, 2.05) is 0 Å². The van der Waals surface area contributed by atoms with Crippen LogP contribution in [0.1, 0.15) is 10.6 Å². The second kappa shape index (κ2) is 4.21. The molecule has 1 aromatic heterocycles. The minimum atomic E-state index is -1.35. The van der Waals surface area contributed by atoms with Crippen LogP contribution in [0, 0.1) is 5.82 Å². The standard InChI is InChI=1S/C12H7FO4/c13-8-3-1-7(2-4-8)9-5-6-10(14)17-11(9)12(15)16/h1-6H,(H,15,16). The number of carbonyl (C=O) groups is 1. The van der Waals surface area contributed by atoms with Crippen molar-refractivity contribution in [3.63, 3.8) is 0 Å². The maximum absolute atomic E-state index is 12.7. The van der Waals surface area contributed by atoms with Crippen LogP contribution >= 0.6 is 0 Å². The number of benzene rings is 1. The van der Waals surface area contributed by atoms with Crippen molar-refractivity contribution >= 4 is 5.97 Å². The van der Waals surface area contributed by atoms with E-state index in [0.717, 1.165) is 6.07 Å². The molecule has 1 heterocycles. The Bertz CT molecular complexity index is 613. The first kappa shape index (κ1) is 11.1. The highest BCUT2D eigenvalue weighted by molar-refractivity contribution is 5.92. The van der Waals surface area contributed by atoms with E-state index in [1.54, 1.807) is 0 Å². The van der Waals surface area contributed by atoms with Crippen LogP contribution in [0.25, 0.3) is 11.1 Å². The van der Waals surface area contributed by atoms with E-state index in [9.17, 15) is 14.0 Å². The maximum Gasteiger partial charge on any atom is 0.372 e. The summed E-state index contributed by atoms with van der Waals surface area (Å²) in [6.07, 6.45) is 0. The molecule has 0 spiro atoms. The van der Waals surface area contributed by atoms with Crippen LogP contribution < -0.4 is 5.63 Å². The highest BCUT2D eigenvalue weighted by atomic mass is 19.1. The molecule has 0 unspecified atom stereocenters. The number of carboxylic acid groups (broad SMARTS) is 1. The summed E-state index contributed by atoms with van der Waals surface area (Å²) in [6.45, 7) is 0. The van der Waals surface area contributed by atoms with E-state index in [1.165, 1.54) is 30.3 Å². The smallest absolute Gasteiger partial charge is 0.372 e. The zero-order valence-electron chi connectivity index (χ0n) is 8.51. The van der Waals surface area contributed by atoms with Gasteiger partial charge >= 0.3 is 11.6 Å². The Kier molecular flexibility index (Phi) is 2.74. The molecule has 0 saturated heterocycles. The van der Waals surface area contributed by atoms with Crippen molar-refractivity contribution in [2.75, 3.05) is 0 Å². The summed E-state index contributed by atoms with van der Waals surface area (Å²) in [4.78, 5) is 21.8. The van der Waals surface area contributed by atoms with Gasteiger partial charge in [-0.3, -0.25) is 0 Å². The van der Waals surface area contributed by atoms with Gasteiger partial charge in [0.2, 0.25) is 5.76 Å². The summed E-state index contributed by atoms with van der Waals surface area (Å²) in [6, 6.07) is 7.68. The van der Waals surface area contributed by atoms with Gasteiger partial charge < -0.3 is 9.52 Å². The molecule has 0 aliphatic rings. The second-order valence-electron chi connectivity index (χ2n) is 3.31. The summed E-state index contributed by atoms with van der Waals surface area (Å²) in [5.41, 5.74) is -0.0436. The maximum atomic E-state index is 12.7. The van der Waals surface area contributed by atoms with Gasteiger partial charge in [-0.25, -0.2) is 14.0 Å². The van der Waals surface area contributed by atoms with Crippen LogP contribution in [-0.2, 0) is 0 Å². The molecule has 0 amide bonds. The van der Waals surface area contributed by atoms with Gasteiger partial charge in [0, 0.05) is 11.6 Å². The fraction of sp³-hybridized carbons (Fsp3) is 0. The Morgan fingerprint density at radius 1 is 1.12 bits per heavy atom. The van der Waals surface area contributed by atoms with E-state index >= 15 is 0 Å². The molecule has 0 fully saturated rings. The molecule has 1 N–H and O–H groups in total. The van der Waals surface area contributed by atoms with Crippen molar-refractivity contribution in [2.45, 2.75) is 0 Å². The molecule has 0 radical (unpaired) electrons. The van der Waals surface area contributed by atoms with Crippen LogP contribution in [0.3, 0.4) is 0 Å². The first-order valence-corrected chi connectivity index (χ1v) is 4.71. The van der Waals surface area contributed by atoms with Gasteiger partial charge in [-0.1, -0.05) is 12.1 Å². The molecule has 1 aromatic carbocycles. The van der Waals surface area contributed by atoms with Crippen LogP contribution in [0.2, 0.25) is 0 Å². The number of carboxylic acids is 1. The monoisotopic (exact) mass is 234 g/mol. The van der Waals surface area contributed by atoms with Gasteiger partial charge in [-0.15, -0.1) is 0 Å². The van der Waals surface area contributed by atoms with E-state index in [-0.39, 0.29) is 5.56 Å². The Balaban J connectivity index is 2.62. The van der Waals surface area contributed by atoms with E-state index in [0.29, 0.717) is 5.56 Å². The number of hydrogen-bond acceptors (Lipinski definition) is 3. The second-order valence-corrected chi connectivity index (χ2v) is 3.31. The van der Waals surface area contributed by atoms with Crippen molar-refractivity contribution in [3.05, 3.63) is 58.4 Å². The highest BCUT2D eigenvalue weighted by Gasteiger charge is 2.15. The van der Waals surface area contributed by atoms with E-state index in [4.69, 9.17) is 5.11 Å². The minimum absolute atomic E-state index is 0.233. The summed E-state index contributed by atoms with van der Waals surface area (Å²) < 4.78 is 17.3. The largest absolute Gasteiger partial charge is 0.475 e. The van der Waals surface area contributed by atoms with Crippen LogP contribution in [0.15, 0.2) is 45.6 Å². The van der Waals surface area contributed by atoms with Crippen LogP contribution in [0.4, 0.5) is 4.39 Å². The molecule has 0 saturated carbocycles. The molecule has 5 heteroatoms. The molecule has 17 heavy (non-hydrogen) atoms. The lowest BCUT2D eigenvalue weighted by molar-refractivity contribution is 0.0658. The Morgan fingerprint density at radius 2 is 1.76 bits per heavy atom. The molecule has 2 rings (SSSR count). The van der Waals surface area contributed by atoms with Gasteiger partial charge in [0.05, 0.1) is 0 Å². The molecule has 86 valence electrons. The molecule has 2 aromatic rings. The van der Waals surface area contributed by atoms with Crippen LogP contribution in [-0.4, -0.2) is 11.1 Å². The third kappa shape index (κ3) is 2.23. The van der Waals surface area contributed by atoms with Gasteiger partial charge in [-0.2, -0.15) is 0 Å². The number of rotatable bonds is 2. The molecule has 0 aliphatic carbocycles. The van der Waals surface area contributed by atoms with Crippen molar-refractivity contribution in [1.29, 1.82) is 0 Å². The van der Waals surface area contributed by atoms with E-state index in [2.05, 4.69) is 4.42 Å². The first-order chi connectivity index (χ1) is 8.08. The molecule has 4 nitrogen and oxygen atoms in total. The quantitative estimate of drug-likeness (QED) is 0.864. The summed E-state index contributed by atoms with van der Waals surface area (Å²) in [5.74, 6) is -2.23. The summed E-state index contributed by atoms with van der Waals surface area (Å²) in [7, 11) is 0. The number of aromatic carboxylic acids is 1. The minimum Gasteiger partial charge on any atom is -0.475 e. The predicted molar refractivity (Wildman–Crippen MR) is 57.3 cm³/mol. The van der Waals surface area contributed by atoms with Gasteiger partial charge in [0.15, 0.2) is 0 Å². The lowest BCUT2D eigenvalue weighted by atomic mass is 10.1. The van der Waals surface area contributed by atoms with Crippen molar-refractivity contribution in [2.24, 2.45) is 0 Å². The summed E-state index contributed by atoms with van der Waals surface area (Å²) >= 11 is 0. The number of hydrogen-bond donors (Lipinski definition) is 1. The lowest BCUT2D eigenvalue weighted by Gasteiger charge is -2.03. The van der Waals surface area contributed by atoms with Crippen molar-refractivity contribution < 1.29 is 18.7 Å². The van der Waals surface area contributed by atoms with Gasteiger partial charge in [0.25, 0.3) is 0 Å². The first-order valence-electron chi connectivity index (χ1n) is 4.71. The van der Waals surface area contributed by atoms with Crippen LogP contribution in [0.5, 0.6) is 0 Å². The normalized spacial score (nSPS) is 10.2. The third-order valence-electron chi connectivity index (χ3n) is 2.18. The third-order valence-corrected chi connectivity index (χ3v) is 2.18. The lowest BCUT2D eigenvalue weighted by Crippen LogP contribution is -2.06. The molecule has 0 bridgehead atoms. The number of halogens is 1. The summed E-state index contributed by atoms with van der Waals surface area (Å²) in [5, 5.41) is 8.90. The average molecular weight is 234 g/mol. The molecule has 0 aliphatic heterocycles. The fourth-order valence-electron chi connectivity index (χ4n) is 1.43. The zero-order valence-corrected chi connectivity index (χ0v) is 8.51. The van der Waals surface area contributed by atoms with Crippen molar-refractivity contribution in [1.82, 2.24) is 0 Å². The molecule has 0 atom stereocenters. The van der Waals surface area contributed by atoms with Gasteiger partial charge in [0.1, 0.15) is 5.82 Å². The zero-order chi connectivity index (χ0) is 12.4. The SMILES string of the molecule is O=C(O)c1oc(=O)ccc1-c1ccc(F)cc1. The Labute approximate surface area is 94.9 Å². The van der Waals surface area contributed by atoms with E-state index < -0.39 is 23.2 Å².